The van der Waals surface area contributed by atoms with Crippen molar-refractivity contribution >= 4 is 32.3 Å². The third-order valence-corrected chi connectivity index (χ3v) is 29.8. The first-order chi connectivity index (χ1) is 31.8. The zero-order chi connectivity index (χ0) is 48.6. The summed E-state index contributed by atoms with van der Waals surface area (Å²) in [5.41, 5.74) is 1.12. The van der Waals surface area contributed by atoms with Gasteiger partial charge in [0.05, 0.1) is 58.7 Å². The minimum atomic E-state index is -1.60. The Morgan fingerprint density at radius 1 is 0.439 bits per heavy atom. The lowest BCUT2D eigenvalue weighted by Gasteiger charge is -2.46. The smallest absolute Gasteiger partial charge is 0.187 e. The molecule has 0 N–H and O–H groups in total. The van der Waals surface area contributed by atoms with Gasteiger partial charge in [0, 0.05) is 26.4 Å². The fourth-order valence-corrected chi connectivity index (χ4v) is 21.5. The van der Waals surface area contributed by atoms with Crippen LogP contribution in [-0.2, 0) is 39.8 Å². The normalized spacial score (nSPS) is 19.2. The fraction of sp³-hybridized carbons (Fsp3) is 0.600. The molecule has 11 heteroatoms. The highest BCUT2D eigenvalue weighted by atomic mass is 28.3. The SMILES string of the molecule is C=CC[Si](C)(CC=C)CCCOC[C@H]1O[C@@H](OCCOCc2ccccc2)[C@H](OCCC[Si](C)(CC=C)CC=C)[C@@H](OCCC[Si](C)(CC=C)CC=C)[C@@H]1OCCC[Si](C)(CC=C)CC=C. The third kappa shape index (κ3) is 23.4. The van der Waals surface area contributed by atoms with Crippen LogP contribution in [0.3, 0.4) is 0 Å². The average Bonchev–Trinajstić information content (AvgIpc) is 3.27. The monoisotopic (exact) mass is 979 g/mol. The van der Waals surface area contributed by atoms with E-state index in [1.54, 1.807) is 0 Å². The van der Waals surface area contributed by atoms with Crippen molar-refractivity contribution in [2.45, 2.75) is 162 Å². The number of allylic oxidation sites excluding steroid dienone is 8. The fourth-order valence-electron chi connectivity index (χ4n) is 9.59. The van der Waals surface area contributed by atoms with E-state index in [1.165, 1.54) is 0 Å². The second-order valence-electron chi connectivity index (χ2n) is 20.1. The molecule has 2 rings (SSSR count). The van der Waals surface area contributed by atoms with Gasteiger partial charge in [0.15, 0.2) is 6.29 Å². The van der Waals surface area contributed by atoms with Crippen LogP contribution in [0.25, 0.3) is 0 Å². The number of rotatable bonds is 43. The minimum Gasteiger partial charge on any atom is -0.379 e. The molecule has 1 aliphatic heterocycles. The Morgan fingerprint density at radius 2 is 0.818 bits per heavy atom. The molecule has 0 amide bonds. The van der Waals surface area contributed by atoms with Gasteiger partial charge in [-0.15, -0.1) is 52.6 Å². The van der Waals surface area contributed by atoms with Gasteiger partial charge in [0.25, 0.3) is 0 Å². The maximum atomic E-state index is 7.11. The van der Waals surface area contributed by atoms with E-state index in [0.29, 0.717) is 52.9 Å². The largest absolute Gasteiger partial charge is 0.379 e. The van der Waals surface area contributed by atoms with Crippen molar-refractivity contribution in [2.75, 3.05) is 46.2 Å². The number of benzene rings is 1. The van der Waals surface area contributed by atoms with Crippen molar-refractivity contribution in [2.24, 2.45) is 0 Å². The van der Waals surface area contributed by atoms with E-state index in [-0.39, 0.29) is 0 Å². The van der Waals surface area contributed by atoms with Crippen LogP contribution < -0.4 is 0 Å². The maximum Gasteiger partial charge on any atom is 0.187 e. The zero-order valence-electron chi connectivity index (χ0n) is 42.4. The summed E-state index contributed by atoms with van der Waals surface area (Å²) in [7, 11) is -6.32. The van der Waals surface area contributed by atoms with Crippen LogP contribution in [-0.4, -0.2) is 109 Å². The predicted molar refractivity (Wildman–Crippen MR) is 295 cm³/mol. The molecule has 1 aromatic carbocycles. The molecule has 66 heavy (non-hydrogen) atoms. The highest BCUT2D eigenvalue weighted by molar-refractivity contribution is 6.80. The predicted octanol–water partition coefficient (Wildman–Crippen LogP) is 14.5. The van der Waals surface area contributed by atoms with Crippen LogP contribution in [0.15, 0.2) is 132 Å². The van der Waals surface area contributed by atoms with E-state index in [0.717, 1.165) is 104 Å². The van der Waals surface area contributed by atoms with Gasteiger partial charge in [0.1, 0.15) is 24.4 Å². The molecule has 0 bridgehead atoms. The van der Waals surface area contributed by atoms with Gasteiger partial charge in [-0.25, -0.2) is 0 Å². The summed E-state index contributed by atoms with van der Waals surface area (Å²) in [6.45, 7) is 46.4. The third-order valence-electron chi connectivity index (χ3n) is 13.4. The summed E-state index contributed by atoms with van der Waals surface area (Å²) in [4.78, 5) is 0. The molecule has 5 atom stereocenters. The zero-order valence-corrected chi connectivity index (χ0v) is 46.4. The van der Waals surface area contributed by atoms with Crippen LogP contribution in [0.5, 0.6) is 0 Å². The molecule has 0 aromatic heterocycles. The highest BCUT2D eigenvalue weighted by Gasteiger charge is 2.49. The molecule has 0 aliphatic carbocycles. The van der Waals surface area contributed by atoms with Gasteiger partial charge in [-0.1, -0.05) is 129 Å². The van der Waals surface area contributed by atoms with Crippen molar-refractivity contribution < 1.29 is 33.2 Å². The van der Waals surface area contributed by atoms with Crippen LogP contribution in [0.2, 0.25) is 98.7 Å². The van der Waals surface area contributed by atoms with Crippen molar-refractivity contribution in [1.82, 2.24) is 0 Å². The molecule has 1 fully saturated rings. The molecule has 1 aliphatic rings. The highest BCUT2D eigenvalue weighted by Crippen LogP contribution is 2.33. The van der Waals surface area contributed by atoms with Gasteiger partial charge < -0.3 is 33.2 Å². The Balaban J connectivity index is 2.51. The number of ether oxygens (including phenoxy) is 7. The number of hydrogen-bond acceptors (Lipinski definition) is 7. The Labute approximate surface area is 408 Å². The van der Waals surface area contributed by atoms with E-state index in [1.807, 2.05) is 18.2 Å². The Bertz CT molecular complexity index is 1500. The first-order valence-corrected chi connectivity index (χ1v) is 37.5. The van der Waals surface area contributed by atoms with Crippen LogP contribution in [0.4, 0.5) is 0 Å². The summed E-state index contributed by atoms with van der Waals surface area (Å²) in [6, 6.07) is 23.2. The summed E-state index contributed by atoms with van der Waals surface area (Å²) in [6.07, 6.45) is 17.8. The standard InChI is InChI=1S/C55H94O7Si4/c1-13-36-63(9,37-14-2)44-24-30-56-49-51-52(58-31-25-45-64(10,38-15-3)39-16-4)53(59-32-26-46-65(11,40-17-5)41-18-6)54(60-33-27-47-66(12,42-19-7)43-20-8)55(62-51)61-35-34-57-48-50-28-22-21-23-29-50/h13-23,28-29,51-55H,1-8,24-27,30-49H2,9-12H3/t51-,52-,53+,54-,55-/m1/s1. The second kappa shape index (κ2) is 34.1. The summed E-state index contributed by atoms with van der Waals surface area (Å²) < 4.78 is 47.4. The van der Waals surface area contributed by atoms with E-state index in [9.17, 15) is 0 Å². The lowest BCUT2D eigenvalue weighted by Crippen LogP contribution is -2.62. The van der Waals surface area contributed by atoms with Gasteiger partial charge in [-0.05, 0) is 79.6 Å². The second-order valence-corrected chi connectivity index (χ2v) is 39.9. The Kier molecular flexibility index (Phi) is 30.9. The first kappa shape index (κ1) is 59.9. The quantitative estimate of drug-likeness (QED) is 0.0367. The van der Waals surface area contributed by atoms with E-state index >= 15 is 0 Å². The van der Waals surface area contributed by atoms with Crippen LogP contribution in [0, 0.1) is 0 Å². The van der Waals surface area contributed by atoms with Crippen molar-refractivity contribution in [3.05, 3.63) is 137 Å². The molecule has 7 nitrogen and oxygen atoms in total. The lowest BCUT2D eigenvalue weighted by atomic mass is 9.98. The minimum absolute atomic E-state index is 0.339. The molecule has 0 spiro atoms. The summed E-state index contributed by atoms with van der Waals surface area (Å²) >= 11 is 0. The average molecular weight is 980 g/mol. The van der Waals surface area contributed by atoms with E-state index < -0.39 is 63.0 Å². The van der Waals surface area contributed by atoms with Crippen molar-refractivity contribution in [3.8, 4) is 0 Å². The lowest BCUT2D eigenvalue weighted by molar-refractivity contribution is -0.324. The molecule has 0 saturated carbocycles. The molecule has 1 aromatic rings. The van der Waals surface area contributed by atoms with Crippen molar-refractivity contribution in [1.29, 1.82) is 0 Å². The van der Waals surface area contributed by atoms with Crippen LogP contribution in [0.1, 0.15) is 31.2 Å². The van der Waals surface area contributed by atoms with Crippen molar-refractivity contribution in [3.63, 3.8) is 0 Å². The van der Waals surface area contributed by atoms with Crippen LogP contribution >= 0.6 is 0 Å². The molecular formula is C55H94O7Si4. The van der Waals surface area contributed by atoms with E-state index in [4.69, 9.17) is 33.2 Å². The number of hydrogen-bond donors (Lipinski definition) is 0. The van der Waals surface area contributed by atoms with Gasteiger partial charge >= 0.3 is 0 Å². The Hall–Kier alpha value is -2.27. The topological polar surface area (TPSA) is 64.6 Å². The molecule has 1 heterocycles. The summed E-state index contributed by atoms with van der Waals surface area (Å²) in [5.74, 6) is 0. The molecule has 372 valence electrons. The Morgan fingerprint density at radius 3 is 1.23 bits per heavy atom. The maximum absolute atomic E-state index is 7.11. The van der Waals surface area contributed by atoms with E-state index in [2.05, 4.69) is 140 Å². The first-order valence-electron chi connectivity index (χ1n) is 25.0. The summed E-state index contributed by atoms with van der Waals surface area (Å²) in [5, 5.41) is 0. The molecule has 0 radical (unpaired) electrons. The van der Waals surface area contributed by atoms with Gasteiger partial charge in [0.2, 0.25) is 0 Å². The molecule has 1 saturated heterocycles. The molecule has 0 unspecified atom stereocenters. The van der Waals surface area contributed by atoms with Gasteiger partial charge in [-0.3, -0.25) is 0 Å². The molecular weight excluding hydrogens is 885 g/mol. The van der Waals surface area contributed by atoms with Gasteiger partial charge in [-0.2, -0.15) is 0 Å².